The molecule has 1 saturated heterocycles. The highest BCUT2D eigenvalue weighted by Crippen LogP contribution is 2.36. The predicted octanol–water partition coefficient (Wildman–Crippen LogP) is 1.96. The molecule has 190 valence electrons. The Hall–Kier alpha value is -3.05. The smallest absolute Gasteiger partial charge is 0.248 e. The van der Waals surface area contributed by atoms with Crippen molar-refractivity contribution in [1.29, 1.82) is 0 Å². The van der Waals surface area contributed by atoms with Crippen LogP contribution in [0.5, 0.6) is 0 Å². The molecular weight excluding hydrogens is 550 g/mol. The molecule has 0 bridgehead atoms. The van der Waals surface area contributed by atoms with Crippen LogP contribution in [0, 0.1) is 0 Å². The van der Waals surface area contributed by atoms with Crippen LogP contribution in [0.4, 0.5) is 5.69 Å². The minimum Gasteiger partial charge on any atom is -0.324 e. The number of carbonyl (C=O) groups is 4. The van der Waals surface area contributed by atoms with Gasteiger partial charge in [0, 0.05) is 36.6 Å². The van der Waals surface area contributed by atoms with Crippen molar-refractivity contribution >= 4 is 55.1 Å². The number of hydrogen-bond acceptors (Lipinski definition) is 6. The zero-order chi connectivity index (χ0) is 26.0. The average molecular weight is 576 g/mol. The molecule has 2 aromatic rings. The molecule has 0 spiro atoms. The highest BCUT2D eigenvalue weighted by atomic mass is 79.9. The first kappa shape index (κ1) is 26.0. The molecule has 0 aromatic heterocycles. The SMILES string of the molecule is CC(=O)N1CCc2cc(Br)c(S(=O)(=O)CCC(=O)N3CC(=O)N(CCc4ccccc4)C(=O)C3)cc21. The summed E-state index contributed by atoms with van der Waals surface area (Å²) < 4.78 is 26.5. The number of nitrogens with zero attached hydrogens (tertiary/aromatic N) is 3. The Kier molecular flexibility index (Phi) is 7.60. The van der Waals surface area contributed by atoms with Gasteiger partial charge in [-0.05, 0) is 52.0 Å². The van der Waals surface area contributed by atoms with Gasteiger partial charge in [0.15, 0.2) is 9.84 Å². The van der Waals surface area contributed by atoms with E-state index >= 15 is 0 Å². The third-order valence-electron chi connectivity index (χ3n) is 6.40. The molecule has 11 heteroatoms. The molecule has 0 aliphatic carbocycles. The Balaban J connectivity index is 1.38. The fourth-order valence-electron chi connectivity index (χ4n) is 4.45. The summed E-state index contributed by atoms with van der Waals surface area (Å²) in [5.41, 5.74) is 2.42. The number of carbonyl (C=O) groups excluding carboxylic acids is 4. The van der Waals surface area contributed by atoms with Gasteiger partial charge in [-0.15, -0.1) is 0 Å². The molecule has 1 fully saturated rings. The quantitative estimate of drug-likeness (QED) is 0.466. The number of piperazine rings is 1. The second kappa shape index (κ2) is 10.5. The zero-order valence-corrected chi connectivity index (χ0v) is 22.2. The number of amides is 4. The Morgan fingerprint density at radius 3 is 2.33 bits per heavy atom. The Bertz CT molecular complexity index is 1310. The lowest BCUT2D eigenvalue weighted by Crippen LogP contribution is -2.56. The van der Waals surface area contributed by atoms with Gasteiger partial charge in [0.05, 0.1) is 10.6 Å². The first-order valence-corrected chi connectivity index (χ1v) is 14.0. The van der Waals surface area contributed by atoms with Crippen LogP contribution in [-0.2, 0) is 41.9 Å². The van der Waals surface area contributed by atoms with Gasteiger partial charge < -0.3 is 9.80 Å². The van der Waals surface area contributed by atoms with Crippen LogP contribution in [-0.4, -0.2) is 73.8 Å². The molecule has 9 nitrogen and oxygen atoms in total. The van der Waals surface area contributed by atoms with E-state index < -0.39 is 33.3 Å². The van der Waals surface area contributed by atoms with E-state index in [2.05, 4.69) is 15.9 Å². The molecule has 0 atom stereocenters. The van der Waals surface area contributed by atoms with Crippen molar-refractivity contribution in [1.82, 2.24) is 9.80 Å². The third-order valence-corrected chi connectivity index (χ3v) is 9.07. The van der Waals surface area contributed by atoms with Crippen LogP contribution in [0.3, 0.4) is 0 Å². The van der Waals surface area contributed by atoms with E-state index in [-0.39, 0.29) is 36.9 Å². The van der Waals surface area contributed by atoms with Crippen LogP contribution in [0.25, 0.3) is 0 Å². The summed E-state index contributed by atoms with van der Waals surface area (Å²) in [4.78, 5) is 53.5. The molecule has 0 radical (unpaired) electrons. The van der Waals surface area contributed by atoms with Gasteiger partial charge in [0.1, 0.15) is 13.1 Å². The van der Waals surface area contributed by atoms with Crippen LogP contribution >= 0.6 is 15.9 Å². The van der Waals surface area contributed by atoms with Crippen molar-refractivity contribution in [3.63, 3.8) is 0 Å². The molecule has 2 heterocycles. The van der Waals surface area contributed by atoms with E-state index in [1.165, 1.54) is 17.9 Å². The summed E-state index contributed by atoms with van der Waals surface area (Å²) in [6.45, 7) is 1.60. The summed E-state index contributed by atoms with van der Waals surface area (Å²) in [5.74, 6) is -2.20. The molecular formula is C25H26BrN3O6S. The largest absolute Gasteiger partial charge is 0.324 e. The van der Waals surface area contributed by atoms with Crippen LogP contribution in [0.15, 0.2) is 51.8 Å². The first-order valence-electron chi connectivity index (χ1n) is 11.5. The summed E-state index contributed by atoms with van der Waals surface area (Å²) in [6.07, 6.45) is 0.778. The Labute approximate surface area is 218 Å². The van der Waals surface area contributed by atoms with Crippen molar-refractivity contribution in [3.05, 3.63) is 58.1 Å². The van der Waals surface area contributed by atoms with Crippen molar-refractivity contribution in [2.24, 2.45) is 0 Å². The second-order valence-electron chi connectivity index (χ2n) is 8.83. The average Bonchev–Trinajstić information content (AvgIpc) is 3.25. The minimum absolute atomic E-state index is 0.0000778. The number of rotatable bonds is 7. The number of fused-ring (bicyclic) bond motifs is 1. The first-order chi connectivity index (χ1) is 17.1. The predicted molar refractivity (Wildman–Crippen MR) is 136 cm³/mol. The van der Waals surface area contributed by atoms with Gasteiger partial charge in [-0.25, -0.2) is 8.42 Å². The van der Waals surface area contributed by atoms with Crippen molar-refractivity contribution in [2.45, 2.75) is 31.1 Å². The highest BCUT2D eigenvalue weighted by Gasteiger charge is 2.34. The topological polar surface area (TPSA) is 112 Å². The Morgan fingerprint density at radius 2 is 1.69 bits per heavy atom. The number of imide groups is 1. The van der Waals surface area contributed by atoms with Crippen LogP contribution in [0.1, 0.15) is 24.5 Å². The summed E-state index contributed by atoms with van der Waals surface area (Å²) in [6, 6.07) is 12.6. The molecule has 0 unspecified atom stereocenters. The fourth-order valence-corrected chi connectivity index (χ4v) is 6.89. The molecule has 4 rings (SSSR count). The van der Waals surface area contributed by atoms with Crippen molar-refractivity contribution < 1.29 is 27.6 Å². The van der Waals surface area contributed by atoms with E-state index in [1.807, 2.05) is 30.3 Å². The van der Waals surface area contributed by atoms with Gasteiger partial charge in [-0.1, -0.05) is 30.3 Å². The summed E-state index contributed by atoms with van der Waals surface area (Å²) >= 11 is 3.31. The van der Waals surface area contributed by atoms with Crippen LogP contribution < -0.4 is 4.90 Å². The lowest BCUT2D eigenvalue weighted by molar-refractivity contribution is -0.156. The van der Waals surface area contributed by atoms with E-state index in [9.17, 15) is 27.6 Å². The molecule has 0 N–H and O–H groups in total. The fraction of sp³-hybridized carbons (Fsp3) is 0.360. The molecule has 2 aliphatic rings. The van der Waals surface area contributed by atoms with E-state index in [0.29, 0.717) is 29.5 Å². The zero-order valence-electron chi connectivity index (χ0n) is 19.8. The third kappa shape index (κ3) is 5.52. The maximum atomic E-state index is 13.1. The molecule has 2 aromatic carbocycles. The van der Waals surface area contributed by atoms with Gasteiger partial charge in [0.2, 0.25) is 23.6 Å². The number of hydrogen-bond donors (Lipinski definition) is 0. The highest BCUT2D eigenvalue weighted by molar-refractivity contribution is 9.10. The van der Waals surface area contributed by atoms with Crippen molar-refractivity contribution in [3.8, 4) is 0 Å². The number of halogens is 1. The van der Waals surface area contributed by atoms with E-state index in [4.69, 9.17) is 0 Å². The van der Waals surface area contributed by atoms with Crippen LogP contribution in [0.2, 0.25) is 0 Å². The van der Waals surface area contributed by atoms with Gasteiger partial charge >= 0.3 is 0 Å². The van der Waals surface area contributed by atoms with E-state index in [0.717, 1.165) is 20.9 Å². The van der Waals surface area contributed by atoms with Gasteiger partial charge in [-0.3, -0.25) is 24.1 Å². The standard InChI is InChI=1S/C25H26BrN3O6S/c1-17(30)28-11-8-19-13-20(26)22(14-21(19)28)36(34,35)12-9-23(31)27-15-24(32)29(25(33)16-27)10-7-18-5-3-2-4-6-18/h2-6,13-14H,7-12,15-16H2,1H3. The molecule has 36 heavy (non-hydrogen) atoms. The number of sulfone groups is 1. The monoisotopic (exact) mass is 575 g/mol. The Morgan fingerprint density at radius 1 is 1.03 bits per heavy atom. The second-order valence-corrected chi connectivity index (χ2v) is 11.8. The van der Waals surface area contributed by atoms with Crippen molar-refractivity contribution in [2.75, 3.05) is 36.8 Å². The number of anilines is 1. The maximum absolute atomic E-state index is 13.1. The maximum Gasteiger partial charge on any atom is 0.248 e. The molecule has 0 saturated carbocycles. The molecule has 4 amide bonds. The van der Waals surface area contributed by atoms with E-state index in [1.54, 1.807) is 6.07 Å². The minimum atomic E-state index is -3.89. The lowest BCUT2D eigenvalue weighted by atomic mass is 10.1. The lowest BCUT2D eigenvalue weighted by Gasteiger charge is -2.32. The van der Waals surface area contributed by atoms with Gasteiger partial charge in [-0.2, -0.15) is 0 Å². The summed E-state index contributed by atoms with van der Waals surface area (Å²) in [7, 11) is -3.89. The summed E-state index contributed by atoms with van der Waals surface area (Å²) in [5, 5.41) is 0. The number of benzene rings is 2. The normalized spacial score (nSPS) is 15.9. The molecule has 2 aliphatic heterocycles. The van der Waals surface area contributed by atoms with Gasteiger partial charge in [0.25, 0.3) is 0 Å².